The van der Waals surface area contributed by atoms with Gasteiger partial charge in [0.25, 0.3) is 0 Å². The number of rotatable bonds is 0. The Morgan fingerprint density at radius 1 is 0.889 bits per heavy atom. The molecule has 0 aliphatic rings. The number of para-hydroxylation sites is 1. The van der Waals surface area contributed by atoms with E-state index in [4.69, 9.17) is 0 Å². The summed E-state index contributed by atoms with van der Waals surface area (Å²) in [6.45, 7) is 0. The van der Waals surface area contributed by atoms with E-state index in [9.17, 15) is 0 Å². The molecule has 2 nitrogen and oxygen atoms in total. The number of nitrogens with one attached hydrogen (secondary N) is 1. The second-order valence-electron chi connectivity index (χ2n) is 4.72. The van der Waals surface area contributed by atoms with Gasteiger partial charge in [-0.25, -0.2) is 4.57 Å². The van der Waals surface area contributed by atoms with Crippen molar-refractivity contribution in [2.24, 2.45) is 7.05 Å². The first-order chi connectivity index (χ1) is 8.84. The van der Waals surface area contributed by atoms with Gasteiger partial charge in [0.1, 0.15) is 7.05 Å². The Kier molecular flexibility index (Phi) is 1.78. The van der Waals surface area contributed by atoms with Gasteiger partial charge in [-0.05, 0) is 24.3 Å². The number of pyridine rings is 1. The van der Waals surface area contributed by atoms with Crippen LogP contribution >= 0.6 is 0 Å². The zero-order valence-corrected chi connectivity index (χ0v) is 10.1. The minimum Gasteiger partial charge on any atom is -0.354 e. The van der Waals surface area contributed by atoms with Crippen molar-refractivity contribution in [1.29, 1.82) is 0 Å². The molecule has 4 aromatic rings. The van der Waals surface area contributed by atoms with E-state index in [-0.39, 0.29) is 0 Å². The van der Waals surface area contributed by atoms with Crippen LogP contribution in [-0.4, -0.2) is 4.98 Å². The highest BCUT2D eigenvalue weighted by molar-refractivity contribution is 6.17. The van der Waals surface area contributed by atoms with Gasteiger partial charge in [-0.2, -0.15) is 0 Å². The molecule has 2 aromatic carbocycles. The highest BCUT2D eigenvalue weighted by atomic mass is 14.9. The van der Waals surface area contributed by atoms with Gasteiger partial charge in [0.05, 0.1) is 10.9 Å². The number of aromatic amines is 1. The third kappa shape index (κ3) is 1.15. The maximum absolute atomic E-state index is 3.48. The van der Waals surface area contributed by atoms with Crippen molar-refractivity contribution in [1.82, 2.24) is 4.98 Å². The van der Waals surface area contributed by atoms with Crippen molar-refractivity contribution in [2.75, 3.05) is 0 Å². The minimum atomic E-state index is 1.20. The summed E-state index contributed by atoms with van der Waals surface area (Å²) in [5.74, 6) is 0. The van der Waals surface area contributed by atoms with Gasteiger partial charge < -0.3 is 4.98 Å². The summed E-state index contributed by atoms with van der Waals surface area (Å²) in [4.78, 5) is 3.48. The van der Waals surface area contributed by atoms with Crippen LogP contribution < -0.4 is 4.57 Å². The molecular weight excluding hydrogens is 220 g/mol. The normalized spacial score (nSPS) is 11.6. The first kappa shape index (κ1) is 9.66. The average Bonchev–Trinajstić information content (AvgIpc) is 2.77. The van der Waals surface area contributed by atoms with Crippen molar-refractivity contribution < 1.29 is 4.57 Å². The van der Waals surface area contributed by atoms with Crippen LogP contribution in [-0.2, 0) is 7.05 Å². The molecule has 0 bridgehead atoms. The largest absolute Gasteiger partial charge is 0.354 e. The standard InChI is InChI=1S/C16H12N2/c1-18-10-4-5-11-8-9-14-15(16(11)18)12-6-2-3-7-13(12)17-14/h2-10H,1H3/p+1. The number of H-pyrrole nitrogens is 1. The van der Waals surface area contributed by atoms with Crippen LogP contribution in [0.1, 0.15) is 0 Å². The topological polar surface area (TPSA) is 19.7 Å². The summed E-state index contributed by atoms with van der Waals surface area (Å²) >= 11 is 0. The molecule has 0 atom stereocenters. The molecule has 18 heavy (non-hydrogen) atoms. The fourth-order valence-electron chi connectivity index (χ4n) is 2.80. The van der Waals surface area contributed by atoms with E-state index < -0.39 is 0 Å². The molecule has 1 N–H and O–H groups in total. The number of aryl methyl sites for hydroxylation is 1. The molecule has 0 saturated carbocycles. The van der Waals surface area contributed by atoms with E-state index in [1.807, 2.05) is 0 Å². The third-order valence-electron chi connectivity index (χ3n) is 3.61. The number of nitrogens with zero attached hydrogens (tertiary/aromatic N) is 1. The lowest BCUT2D eigenvalue weighted by Gasteiger charge is -1.98. The van der Waals surface area contributed by atoms with Crippen LogP contribution in [0.4, 0.5) is 0 Å². The van der Waals surface area contributed by atoms with Crippen LogP contribution in [0.25, 0.3) is 32.7 Å². The van der Waals surface area contributed by atoms with Gasteiger partial charge in [-0.3, -0.25) is 0 Å². The van der Waals surface area contributed by atoms with Gasteiger partial charge in [-0.15, -0.1) is 0 Å². The molecule has 0 spiro atoms. The molecule has 0 aliphatic carbocycles. The minimum absolute atomic E-state index is 1.20. The van der Waals surface area contributed by atoms with Gasteiger partial charge in [0.15, 0.2) is 6.20 Å². The summed E-state index contributed by atoms with van der Waals surface area (Å²) in [6, 6.07) is 17.1. The molecule has 0 aliphatic heterocycles. The number of fused-ring (bicyclic) bond motifs is 5. The van der Waals surface area contributed by atoms with Crippen molar-refractivity contribution in [2.45, 2.75) is 0 Å². The first-order valence-electron chi connectivity index (χ1n) is 6.12. The number of hydrogen-bond donors (Lipinski definition) is 1. The second-order valence-corrected chi connectivity index (χ2v) is 4.72. The molecule has 4 rings (SSSR count). The van der Waals surface area contributed by atoms with Crippen molar-refractivity contribution in [3.63, 3.8) is 0 Å². The van der Waals surface area contributed by atoms with Crippen molar-refractivity contribution in [3.8, 4) is 0 Å². The average molecular weight is 233 g/mol. The molecule has 0 amide bonds. The molecule has 0 radical (unpaired) electrons. The van der Waals surface area contributed by atoms with E-state index in [1.54, 1.807) is 0 Å². The highest BCUT2D eigenvalue weighted by Gasteiger charge is 2.13. The molecule has 0 fully saturated rings. The van der Waals surface area contributed by atoms with E-state index in [2.05, 4.69) is 71.3 Å². The summed E-state index contributed by atoms with van der Waals surface area (Å²) in [7, 11) is 2.10. The summed E-state index contributed by atoms with van der Waals surface area (Å²) in [5.41, 5.74) is 3.68. The Morgan fingerprint density at radius 3 is 2.72 bits per heavy atom. The summed E-state index contributed by atoms with van der Waals surface area (Å²) < 4.78 is 2.19. The van der Waals surface area contributed by atoms with Crippen LogP contribution in [0.5, 0.6) is 0 Å². The van der Waals surface area contributed by atoms with Crippen LogP contribution in [0.15, 0.2) is 54.7 Å². The summed E-state index contributed by atoms with van der Waals surface area (Å²) in [5, 5.41) is 3.88. The monoisotopic (exact) mass is 233 g/mol. The van der Waals surface area contributed by atoms with Gasteiger partial charge >= 0.3 is 0 Å². The predicted octanol–water partition coefficient (Wildman–Crippen LogP) is 3.30. The van der Waals surface area contributed by atoms with Crippen LogP contribution in [0, 0.1) is 0 Å². The lowest BCUT2D eigenvalue weighted by Crippen LogP contribution is -2.27. The maximum atomic E-state index is 3.48. The Balaban J connectivity index is 2.40. The number of benzene rings is 2. The molecule has 0 unspecified atom stereocenters. The van der Waals surface area contributed by atoms with Crippen molar-refractivity contribution in [3.05, 3.63) is 54.7 Å². The first-order valence-corrected chi connectivity index (χ1v) is 6.12. The maximum Gasteiger partial charge on any atom is 0.222 e. The van der Waals surface area contributed by atoms with E-state index in [0.717, 1.165) is 0 Å². The van der Waals surface area contributed by atoms with E-state index in [1.165, 1.54) is 32.7 Å². The zero-order valence-electron chi connectivity index (χ0n) is 10.1. The van der Waals surface area contributed by atoms with Gasteiger partial charge in [0, 0.05) is 22.4 Å². The van der Waals surface area contributed by atoms with Crippen molar-refractivity contribution >= 4 is 32.7 Å². The van der Waals surface area contributed by atoms with E-state index >= 15 is 0 Å². The van der Waals surface area contributed by atoms with Crippen LogP contribution in [0.3, 0.4) is 0 Å². The smallest absolute Gasteiger partial charge is 0.222 e. The number of hydrogen-bond acceptors (Lipinski definition) is 0. The quantitative estimate of drug-likeness (QED) is 0.450. The molecule has 0 saturated heterocycles. The molecule has 2 heterocycles. The molecular formula is C16H13N2+. The Labute approximate surface area is 104 Å². The molecule has 2 heteroatoms. The Hall–Kier alpha value is -2.35. The van der Waals surface area contributed by atoms with Crippen LogP contribution in [0.2, 0.25) is 0 Å². The fourth-order valence-corrected chi connectivity index (χ4v) is 2.80. The van der Waals surface area contributed by atoms with E-state index in [0.29, 0.717) is 0 Å². The summed E-state index contributed by atoms with van der Waals surface area (Å²) in [6.07, 6.45) is 2.10. The van der Waals surface area contributed by atoms with Gasteiger partial charge in [-0.1, -0.05) is 18.2 Å². The Bertz CT molecular complexity index is 887. The lowest BCUT2D eigenvalue weighted by molar-refractivity contribution is -0.644. The third-order valence-corrected chi connectivity index (χ3v) is 3.61. The Morgan fingerprint density at radius 2 is 1.78 bits per heavy atom. The number of aromatic nitrogens is 2. The predicted molar refractivity (Wildman–Crippen MR) is 74.5 cm³/mol. The molecule has 86 valence electrons. The molecule has 2 aromatic heterocycles. The second kappa shape index (κ2) is 3.33. The lowest BCUT2D eigenvalue weighted by atomic mass is 10.1. The van der Waals surface area contributed by atoms with Gasteiger partial charge in [0.2, 0.25) is 5.52 Å². The fraction of sp³-hybridized carbons (Fsp3) is 0.0625. The highest BCUT2D eigenvalue weighted by Crippen LogP contribution is 2.29. The SMILES string of the molecule is C[n+]1cccc2ccc3[nH]c4ccccc4c3c21. The zero-order chi connectivity index (χ0) is 12.1.